The molecule has 2 saturated carbocycles. The number of carbonyl (C=O) groups excluding carboxylic acids is 2. The van der Waals surface area contributed by atoms with E-state index in [1.54, 1.807) is 13.0 Å². The smallest absolute Gasteiger partial charge is 0.274 e. The number of aryl methyl sites for hydroxylation is 2. The topological polar surface area (TPSA) is 80.5 Å². The van der Waals surface area contributed by atoms with Crippen LogP contribution < -0.4 is 4.90 Å². The van der Waals surface area contributed by atoms with E-state index in [9.17, 15) is 19.7 Å². The van der Waals surface area contributed by atoms with Crippen molar-refractivity contribution in [1.29, 1.82) is 0 Å². The zero-order valence-corrected chi connectivity index (χ0v) is 14.1. The molecule has 6 nitrogen and oxygen atoms in total. The van der Waals surface area contributed by atoms with Gasteiger partial charge in [-0.05, 0) is 61.1 Å². The van der Waals surface area contributed by atoms with Crippen LogP contribution in [0.25, 0.3) is 0 Å². The number of nitrogens with zero attached hydrogens (tertiary/aromatic N) is 2. The van der Waals surface area contributed by atoms with Crippen LogP contribution in [-0.4, -0.2) is 16.7 Å². The van der Waals surface area contributed by atoms with Crippen LogP contribution in [0.5, 0.6) is 0 Å². The van der Waals surface area contributed by atoms with Crippen molar-refractivity contribution in [1.82, 2.24) is 0 Å². The maximum absolute atomic E-state index is 13.1. The maximum Gasteiger partial charge on any atom is 0.293 e. The number of anilines is 1. The van der Waals surface area contributed by atoms with Gasteiger partial charge in [0.05, 0.1) is 16.8 Å². The molecule has 1 spiro atoms. The SMILES string of the molecule is Cc1cc(N2C(=O)C3C(C2=O)C2C=CC3C23CC3)c([N+](=O)[O-])cc1C. The number of hydrogen-bond donors (Lipinski definition) is 0. The molecule has 4 atom stereocenters. The molecule has 0 radical (unpaired) electrons. The highest BCUT2D eigenvalue weighted by atomic mass is 16.6. The number of allylic oxidation sites excluding steroid dienone is 2. The Kier molecular flexibility index (Phi) is 2.59. The van der Waals surface area contributed by atoms with E-state index in [1.807, 2.05) is 6.92 Å². The molecular weight excluding hydrogens is 320 g/mol. The standard InChI is InChI=1S/C19H18N2O4/c1-9-7-13(14(21(24)25)8-10(9)2)20-17(22)15-11-3-4-12(16(15)18(20)23)19(11)5-6-19/h3-4,7-8,11-12,15-16H,5-6H2,1-2H3. The number of nitro groups is 1. The molecule has 25 heavy (non-hydrogen) atoms. The maximum atomic E-state index is 13.1. The number of fused-ring (bicyclic) bond motifs is 3. The van der Waals surface area contributed by atoms with Gasteiger partial charge in [0, 0.05) is 6.07 Å². The first-order chi connectivity index (χ1) is 11.9. The lowest BCUT2D eigenvalue weighted by Crippen LogP contribution is -2.35. The van der Waals surface area contributed by atoms with Crippen molar-refractivity contribution < 1.29 is 14.5 Å². The Morgan fingerprint density at radius 1 is 1.04 bits per heavy atom. The van der Waals surface area contributed by atoms with Crippen molar-refractivity contribution >= 4 is 23.2 Å². The van der Waals surface area contributed by atoms with Gasteiger partial charge in [0.25, 0.3) is 5.69 Å². The van der Waals surface area contributed by atoms with E-state index in [2.05, 4.69) is 12.2 Å². The first-order valence-corrected chi connectivity index (χ1v) is 8.68. The fourth-order valence-corrected chi connectivity index (χ4v) is 5.43. The third kappa shape index (κ3) is 1.60. The average molecular weight is 338 g/mol. The van der Waals surface area contributed by atoms with Gasteiger partial charge in [-0.1, -0.05) is 12.2 Å². The number of hydrogen-bond acceptors (Lipinski definition) is 4. The molecule has 6 heteroatoms. The summed E-state index contributed by atoms with van der Waals surface area (Å²) in [5.74, 6) is -0.963. The molecule has 3 aliphatic carbocycles. The van der Waals surface area contributed by atoms with E-state index in [-0.39, 0.29) is 52.3 Å². The number of carbonyl (C=O) groups is 2. The molecule has 1 aromatic rings. The van der Waals surface area contributed by atoms with Crippen LogP contribution >= 0.6 is 0 Å². The minimum absolute atomic E-state index is 0.120. The summed E-state index contributed by atoms with van der Waals surface area (Å²) in [6, 6.07) is 3.06. The van der Waals surface area contributed by atoms with E-state index in [1.165, 1.54) is 6.07 Å². The highest BCUT2D eigenvalue weighted by molar-refractivity contribution is 6.24. The molecule has 1 saturated heterocycles. The molecular formula is C19H18N2O4. The molecule has 0 N–H and O–H groups in total. The number of nitro benzene ring substituents is 1. The summed E-state index contributed by atoms with van der Waals surface area (Å²) in [6.07, 6.45) is 6.35. The van der Waals surface area contributed by atoms with Gasteiger partial charge in [-0.2, -0.15) is 0 Å². The predicted octanol–water partition coefficient (Wildman–Crippen LogP) is 2.91. The highest BCUT2D eigenvalue weighted by Gasteiger charge is 2.73. The molecule has 4 aliphatic rings. The summed E-state index contributed by atoms with van der Waals surface area (Å²) in [5, 5.41) is 11.5. The number of amides is 2. The molecule has 3 fully saturated rings. The zero-order chi connectivity index (χ0) is 17.7. The van der Waals surface area contributed by atoms with E-state index in [4.69, 9.17) is 0 Å². The second kappa shape index (κ2) is 4.36. The normalized spacial score (nSPS) is 33.4. The summed E-state index contributed by atoms with van der Waals surface area (Å²) < 4.78 is 0. The Morgan fingerprint density at radius 3 is 2.04 bits per heavy atom. The van der Waals surface area contributed by atoms with E-state index in [0.717, 1.165) is 28.9 Å². The van der Waals surface area contributed by atoms with E-state index >= 15 is 0 Å². The lowest BCUT2D eigenvalue weighted by Gasteiger charge is -2.22. The minimum atomic E-state index is -0.508. The number of benzene rings is 1. The van der Waals surface area contributed by atoms with E-state index in [0.29, 0.717) is 0 Å². The summed E-state index contributed by atoms with van der Waals surface area (Å²) >= 11 is 0. The van der Waals surface area contributed by atoms with Crippen LogP contribution in [0, 0.1) is 53.0 Å². The molecule has 128 valence electrons. The second-order valence-corrected chi connectivity index (χ2v) is 7.92. The van der Waals surface area contributed by atoms with Crippen LogP contribution in [0.4, 0.5) is 11.4 Å². The van der Waals surface area contributed by atoms with Gasteiger partial charge in [0.1, 0.15) is 5.69 Å². The van der Waals surface area contributed by atoms with Crippen molar-refractivity contribution in [2.75, 3.05) is 4.90 Å². The lowest BCUT2D eigenvalue weighted by molar-refractivity contribution is -0.384. The Hall–Kier alpha value is -2.50. The van der Waals surface area contributed by atoms with Gasteiger partial charge in [-0.25, -0.2) is 4.90 Å². The fraction of sp³-hybridized carbons (Fsp3) is 0.474. The first kappa shape index (κ1) is 14.8. The Balaban J connectivity index is 1.62. The Morgan fingerprint density at radius 2 is 1.56 bits per heavy atom. The van der Waals surface area contributed by atoms with Gasteiger partial charge >= 0.3 is 0 Å². The van der Waals surface area contributed by atoms with Gasteiger partial charge in [0.2, 0.25) is 11.8 Å². The fourth-order valence-electron chi connectivity index (χ4n) is 5.43. The largest absolute Gasteiger partial charge is 0.293 e. The molecule has 2 amide bonds. The van der Waals surface area contributed by atoms with Crippen molar-refractivity contribution in [2.45, 2.75) is 26.7 Å². The molecule has 1 aromatic carbocycles. The van der Waals surface area contributed by atoms with Crippen LogP contribution in [0.2, 0.25) is 0 Å². The predicted molar refractivity (Wildman–Crippen MR) is 89.8 cm³/mol. The van der Waals surface area contributed by atoms with Gasteiger partial charge in [-0.15, -0.1) is 0 Å². The summed E-state index contributed by atoms with van der Waals surface area (Å²) in [7, 11) is 0. The lowest BCUT2D eigenvalue weighted by atomic mass is 9.85. The molecule has 2 bridgehead atoms. The highest BCUT2D eigenvalue weighted by Crippen LogP contribution is 2.73. The van der Waals surface area contributed by atoms with Crippen LogP contribution in [-0.2, 0) is 9.59 Å². The molecule has 5 rings (SSSR count). The first-order valence-electron chi connectivity index (χ1n) is 8.68. The van der Waals surface area contributed by atoms with Crippen molar-refractivity contribution in [3.05, 3.63) is 45.5 Å². The van der Waals surface area contributed by atoms with Crippen LogP contribution in [0.3, 0.4) is 0 Å². The van der Waals surface area contributed by atoms with Crippen molar-refractivity contribution in [2.24, 2.45) is 29.1 Å². The van der Waals surface area contributed by atoms with Crippen LogP contribution in [0.15, 0.2) is 24.3 Å². The molecule has 1 aliphatic heterocycles. The molecule has 0 aromatic heterocycles. The zero-order valence-electron chi connectivity index (χ0n) is 14.1. The summed E-state index contributed by atoms with van der Waals surface area (Å²) in [5.41, 5.74) is 1.68. The third-order valence-electron chi connectivity index (χ3n) is 6.88. The molecule has 1 heterocycles. The number of rotatable bonds is 2. The third-order valence-corrected chi connectivity index (χ3v) is 6.88. The quantitative estimate of drug-likeness (QED) is 0.359. The van der Waals surface area contributed by atoms with Crippen molar-refractivity contribution in [3.8, 4) is 0 Å². The Bertz CT molecular complexity index is 865. The van der Waals surface area contributed by atoms with Crippen molar-refractivity contribution in [3.63, 3.8) is 0 Å². The summed E-state index contributed by atoms with van der Waals surface area (Å²) in [6.45, 7) is 3.62. The van der Waals surface area contributed by atoms with Crippen LogP contribution in [0.1, 0.15) is 24.0 Å². The van der Waals surface area contributed by atoms with Gasteiger partial charge < -0.3 is 0 Å². The number of imide groups is 1. The van der Waals surface area contributed by atoms with Gasteiger partial charge in [0.15, 0.2) is 0 Å². The second-order valence-electron chi connectivity index (χ2n) is 7.92. The van der Waals surface area contributed by atoms with Gasteiger partial charge in [-0.3, -0.25) is 19.7 Å². The van der Waals surface area contributed by atoms with E-state index < -0.39 is 4.92 Å². The minimum Gasteiger partial charge on any atom is -0.274 e. The summed E-state index contributed by atoms with van der Waals surface area (Å²) in [4.78, 5) is 38.3. The Labute approximate surface area is 144 Å². The molecule has 4 unspecified atom stereocenters. The average Bonchev–Trinajstić information content (AvgIpc) is 3.15. The monoisotopic (exact) mass is 338 g/mol.